The predicted octanol–water partition coefficient (Wildman–Crippen LogP) is 3.55. The Balaban J connectivity index is 1.43. The number of carbonyl (C=O) groups excluding carboxylic acids is 1. The SMILES string of the molecule is CC(NC(=O)c1c(N)nn2cccnc12)c1cc2nncc(C#Cc3cnn(C)c3)c2cc1-c1ccccc1. The third-order valence-corrected chi connectivity index (χ3v) is 6.41. The molecule has 6 rings (SSSR count). The number of amides is 1. The summed E-state index contributed by atoms with van der Waals surface area (Å²) in [4.78, 5) is 17.7. The second-order valence-electron chi connectivity index (χ2n) is 9.08. The van der Waals surface area contributed by atoms with Crippen molar-refractivity contribution >= 4 is 28.3 Å². The number of nitrogens with two attached hydrogens (primary N) is 1. The molecule has 3 N–H and O–H groups in total. The van der Waals surface area contributed by atoms with Crippen molar-refractivity contribution in [3.8, 4) is 23.0 Å². The quantitative estimate of drug-likeness (QED) is 0.345. The summed E-state index contributed by atoms with van der Waals surface area (Å²) in [5, 5.41) is 20.9. The monoisotopic (exact) mass is 513 g/mol. The molecular weight excluding hydrogens is 490 g/mol. The molecule has 0 saturated heterocycles. The van der Waals surface area contributed by atoms with Gasteiger partial charge in [0.05, 0.1) is 35.1 Å². The number of anilines is 1. The highest BCUT2D eigenvalue weighted by molar-refractivity contribution is 6.04. The van der Waals surface area contributed by atoms with E-state index in [9.17, 15) is 4.79 Å². The van der Waals surface area contributed by atoms with E-state index in [0.29, 0.717) is 11.2 Å². The molecule has 2 aromatic carbocycles. The van der Waals surface area contributed by atoms with Crippen LogP contribution in [0.15, 0.2) is 79.5 Å². The number of aryl methyl sites for hydroxylation is 1. The molecule has 0 radical (unpaired) electrons. The van der Waals surface area contributed by atoms with E-state index in [0.717, 1.165) is 33.2 Å². The minimum atomic E-state index is -0.401. The molecule has 0 aliphatic heterocycles. The third kappa shape index (κ3) is 4.53. The van der Waals surface area contributed by atoms with Crippen LogP contribution >= 0.6 is 0 Å². The van der Waals surface area contributed by atoms with Gasteiger partial charge in [-0.15, -0.1) is 5.10 Å². The second kappa shape index (κ2) is 9.72. The summed E-state index contributed by atoms with van der Waals surface area (Å²) in [6.45, 7) is 1.92. The van der Waals surface area contributed by atoms with Gasteiger partial charge in [0.1, 0.15) is 5.56 Å². The molecule has 1 amide bonds. The normalized spacial score (nSPS) is 11.7. The summed E-state index contributed by atoms with van der Waals surface area (Å²) in [7, 11) is 1.85. The van der Waals surface area contributed by atoms with Gasteiger partial charge in [0.25, 0.3) is 5.91 Å². The van der Waals surface area contributed by atoms with Crippen molar-refractivity contribution in [3.05, 3.63) is 102 Å². The fourth-order valence-electron chi connectivity index (χ4n) is 4.54. The summed E-state index contributed by atoms with van der Waals surface area (Å²) in [5.41, 5.74) is 11.7. The lowest BCUT2D eigenvalue weighted by atomic mass is 9.92. The summed E-state index contributed by atoms with van der Waals surface area (Å²) in [6, 6.07) is 15.3. The highest BCUT2D eigenvalue weighted by Crippen LogP contribution is 2.33. The van der Waals surface area contributed by atoms with Gasteiger partial charge in [-0.2, -0.15) is 15.3 Å². The summed E-state index contributed by atoms with van der Waals surface area (Å²) >= 11 is 0. The molecular formula is C29H23N9O. The van der Waals surface area contributed by atoms with Crippen LogP contribution in [0.25, 0.3) is 27.7 Å². The van der Waals surface area contributed by atoms with Crippen LogP contribution in [0.1, 0.15) is 40.0 Å². The Morgan fingerprint density at radius 3 is 2.74 bits per heavy atom. The van der Waals surface area contributed by atoms with Crippen molar-refractivity contribution in [1.29, 1.82) is 0 Å². The molecule has 4 aromatic heterocycles. The van der Waals surface area contributed by atoms with Crippen LogP contribution in [-0.4, -0.2) is 40.5 Å². The maximum atomic E-state index is 13.4. The van der Waals surface area contributed by atoms with E-state index in [1.807, 2.05) is 56.6 Å². The third-order valence-electron chi connectivity index (χ3n) is 6.41. The number of nitrogens with one attached hydrogen (secondary N) is 1. The molecule has 4 heterocycles. The maximum Gasteiger partial charge on any atom is 0.259 e. The topological polar surface area (TPSA) is 129 Å². The van der Waals surface area contributed by atoms with E-state index in [1.165, 1.54) is 4.52 Å². The van der Waals surface area contributed by atoms with Crippen LogP contribution < -0.4 is 11.1 Å². The first-order valence-corrected chi connectivity index (χ1v) is 12.2. The van der Waals surface area contributed by atoms with Crippen molar-refractivity contribution in [2.24, 2.45) is 7.05 Å². The van der Waals surface area contributed by atoms with Gasteiger partial charge in [-0.1, -0.05) is 42.2 Å². The van der Waals surface area contributed by atoms with E-state index in [1.54, 1.807) is 35.5 Å². The second-order valence-corrected chi connectivity index (χ2v) is 9.08. The number of hydrogen-bond donors (Lipinski definition) is 2. The van der Waals surface area contributed by atoms with E-state index >= 15 is 0 Å². The van der Waals surface area contributed by atoms with Gasteiger partial charge in [0, 0.05) is 31.0 Å². The molecule has 0 aliphatic carbocycles. The molecule has 1 unspecified atom stereocenters. The van der Waals surface area contributed by atoms with Crippen LogP contribution in [0.5, 0.6) is 0 Å². The molecule has 10 heteroatoms. The predicted molar refractivity (Wildman–Crippen MR) is 147 cm³/mol. The van der Waals surface area contributed by atoms with Gasteiger partial charge >= 0.3 is 0 Å². The molecule has 0 aliphatic rings. The molecule has 0 bridgehead atoms. The van der Waals surface area contributed by atoms with Gasteiger partial charge in [0.2, 0.25) is 0 Å². The van der Waals surface area contributed by atoms with Gasteiger partial charge in [-0.05, 0) is 41.8 Å². The first-order chi connectivity index (χ1) is 19.0. The molecule has 0 spiro atoms. The van der Waals surface area contributed by atoms with Gasteiger partial charge < -0.3 is 11.1 Å². The number of nitrogens with zero attached hydrogens (tertiary/aromatic N) is 7. The number of benzene rings is 2. The van der Waals surface area contributed by atoms with Crippen molar-refractivity contribution in [1.82, 2.24) is 39.9 Å². The minimum absolute atomic E-state index is 0.114. The number of rotatable bonds is 4. The zero-order valence-electron chi connectivity index (χ0n) is 21.2. The lowest BCUT2D eigenvalue weighted by molar-refractivity contribution is 0.0942. The van der Waals surface area contributed by atoms with Gasteiger partial charge in [0.15, 0.2) is 11.5 Å². The number of aromatic nitrogens is 7. The van der Waals surface area contributed by atoms with Crippen LogP contribution in [0.2, 0.25) is 0 Å². The molecule has 190 valence electrons. The summed E-state index contributed by atoms with van der Waals surface area (Å²) in [6.07, 6.45) is 8.53. The highest BCUT2D eigenvalue weighted by Gasteiger charge is 2.23. The molecule has 0 saturated carbocycles. The van der Waals surface area contributed by atoms with Crippen LogP contribution in [-0.2, 0) is 7.05 Å². The average Bonchev–Trinajstić information content (AvgIpc) is 3.52. The minimum Gasteiger partial charge on any atom is -0.381 e. The van der Waals surface area contributed by atoms with E-state index in [4.69, 9.17) is 5.73 Å². The van der Waals surface area contributed by atoms with Crippen LogP contribution in [0.3, 0.4) is 0 Å². The van der Waals surface area contributed by atoms with Crippen LogP contribution in [0.4, 0.5) is 5.82 Å². The van der Waals surface area contributed by atoms with Gasteiger partial charge in [-0.25, -0.2) is 9.50 Å². The standard InChI is InChI=1S/C29H23N9O/c1-18(34-29(39)26-27(30)36-38-12-6-11-31-28(26)38)22-14-25-24(13-23(22)20-7-4-3-5-8-20)21(16-32-35-25)10-9-19-15-33-37(2)17-19/h3-8,11-18H,1-2H3,(H2,30,36)(H,34,39). The maximum absolute atomic E-state index is 13.4. The summed E-state index contributed by atoms with van der Waals surface area (Å²) in [5.74, 6) is 6.11. The fraction of sp³-hybridized carbons (Fsp3) is 0.103. The Morgan fingerprint density at radius 1 is 1.10 bits per heavy atom. The molecule has 1 atom stereocenters. The Kier molecular flexibility index (Phi) is 5.93. The zero-order chi connectivity index (χ0) is 26.9. The Morgan fingerprint density at radius 2 is 1.95 bits per heavy atom. The fourth-order valence-corrected chi connectivity index (χ4v) is 4.54. The molecule has 0 fully saturated rings. The van der Waals surface area contributed by atoms with E-state index in [-0.39, 0.29) is 17.3 Å². The number of fused-ring (bicyclic) bond motifs is 2. The van der Waals surface area contributed by atoms with Crippen molar-refractivity contribution in [3.63, 3.8) is 0 Å². The van der Waals surface area contributed by atoms with Crippen molar-refractivity contribution in [2.45, 2.75) is 13.0 Å². The average molecular weight is 514 g/mol. The lowest BCUT2D eigenvalue weighted by Gasteiger charge is -2.19. The largest absolute Gasteiger partial charge is 0.381 e. The Bertz CT molecular complexity index is 1910. The van der Waals surface area contributed by atoms with Crippen molar-refractivity contribution < 1.29 is 4.79 Å². The first kappa shape index (κ1) is 23.8. The van der Waals surface area contributed by atoms with Gasteiger partial charge in [-0.3, -0.25) is 9.48 Å². The zero-order valence-corrected chi connectivity index (χ0v) is 21.2. The molecule has 10 nitrogen and oxygen atoms in total. The highest BCUT2D eigenvalue weighted by atomic mass is 16.1. The van der Waals surface area contributed by atoms with E-state index in [2.05, 4.69) is 48.6 Å². The van der Waals surface area contributed by atoms with Crippen LogP contribution in [0, 0.1) is 11.8 Å². The number of hydrogen-bond acceptors (Lipinski definition) is 7. The van der Waals surface area contributed by atoms with Crippen molar-refractivity contribution in [2.75, 3.05) is 5.73 Å². The smallest absolute Gasteiger partial charge is 0.259 e. The van der Waals surface area contributed by atoms with E-state index < -0.39 is 6.04 Å². The number of carbonyl (C=O) groups is 1. The Hall–Kier alpha value is -5.56. The lowest BCUT2D eigenvalue weighted by Crippen LogP contribution is -2.27. The first-order valence-electron chi connectivity index (χ1n) is 12.2. The molecule has 39 heavy (non-hydrogen) atoms. The number of nitrogen functional groups attached to an aromatic ring is 1. The molecule has 6 aromatic rings. The summed E-state index contributed by atoms with van der Waals surface area (Å²) < 4.78 is 3.20. The Labute approximate surface area is 223 Å².